The molecule has 90 valence electrons. The van der Waals surface area contributed by atoms with E-state index in [4.69, 9.17) is 4.18 Å². The first-order valence-corrected chi connectivity index (χ1v) is 5.60. The number of benzene rings is 1. The largest absolute Gasteiger partial charge is 0.467 e. The Kier molecular flexibility index (Phi) is 4.68. The lowest BCUT2D eigenvalue weighted by Gasteiger charge is -2.21. The number of rotatable bonds is 4. The van der Waals surface area contributed by atoms with E-state index in [1.54, 1.807) is 24.3 Å². The van der Waals surface area contributed by atoms with E-state index < -0.39 is 23.7 Å². The zero-order chi connectivity index (χ0) is 12.2. The van der Waals surface area contributed by atoms with Crippen molar-refractivity contribution in [3.05, 3.63) is 35.9 Å². The minimum absolute atomic E-state index is 0.0164. The molecule has 1 nitrogen and oxygen atoms in total. The molecule has 1 unspecified atom stereocenters. The van der Waals surface area contributed by atoms with Crippen LogP contribution in [0.15, 0.2) is 30.3 Å². The van der Waals surface area contributed by atoms with Gasteiger partial charge in [0.25, 0.3) is 0 Å². The summed E-state index contributed by atoms with van der Waals surface area (Å²) in [6.45, 7) is 3.66. The summed E-state index contributed by atoms with van der Waals surface area (Å²) in [4.78, 5) is 0. The molecule has 1 rings (SSSR count). The highest BCUT2D eigenvalue weighted by atomic mass is 32.2. The molecule has 0 saturated heterocycles. The summed E-state index contributed by atoms with van der Waals surface area (Å²) < 4.78 is 40.9. The summed E-state index contributed by atoms with van der Waals surface area (Å²) in [6, 6.07) is 8.92. The van der Waals surface area contributed by atoms with Crippen molar-refractivity contribution in [1.82, 2.24) is 0 Å². The number of hydrogen-bond acceptors (Lipinski definition) is 2. The Morgan fingerprint density at radius 1 is 1.12 bits per heavy atom. The molecule has 0 aliphatic carbocycles. The minimum Gasteiger partial charge on any atom is -0.299 e. The van der Waals surface area contributed by atoms with E-state index in [1.807, 2.05) is 19.9 Å². The fraction of sp³-hybridized carbons (Fsp3) is 0.455. The second kappa shape index (κ2) is 5.59. The first kappa shape index (κ1) is 13.4. The predicted molar refractivity (Wildman–Crippen MR) is 58.8 cm³/mol. The van der Waals surface area contributed by atoms with Gasteiger partial charge >= 0.3 is 5.51 Å². The molecule has 1 aromatic rings. The Hall–Kier alpha value is -0.680. The van der Waals surface area contributed by atoms with Crippen LogP contribution in [0.2, 0.25) is 0 Å². The Balaban J connectivity index is 2.70. The van der Waals surface area contributed by atoms with E-state index in [9.17, 15) is 13.2 Å². The van der Waals surface area contributed by atoms with Crippen molar-refractivity contribution in [1.29, 1.82) is 0 Å². The number of halogens is 3. The van der Waals surface area contributed by atoms with Crippen LogP contribution in [0.25, 0.3) is 0 Å². The van der Waals surface area contributed by atoms with Gasteiger partial charge in [0.15, 0.2) is 0 Å². The molecule has 0 aliphatic rings. The van der Waals surface area contributed by atoms with E-state index in [0.29, 0.717) is 0 Å². The zero-order valence-corrected chi connectivity index (χ0v) is 9.81. The zero-order valence-electron chi connectivity index (χ0n) is 8.99. The second-order valence-corrected chi connectivity index (χ2v) is 4.52. The first-order chi connectivity index (χ1) is 7.40. The number of hydrogen-bond donors (Lipinski definition) is 0. The van der Waals surface area contributed by atoms with Crippen molar-refractivity contribution in [2.45, 2.75) is 25.5 Å². The molecule has 1 atom stereocenters. The molecule has 0 saturated carbocycles. The van der Waals surface area contributed by atoms with Gasteiger partial charge in [-0.05, 0) is 11.5 Å². The average molecular weight is 250 g/mol. The molecule has 0 fully saturated rings. The third kappa shape index (κ3) is 4.45. The summed E-state index contributed by atoms with van der Waals surface area (Å²) in [5.74, 6) is -0.0164. The van der Waals surface area contributed by atoms with Gasteiger partial charge in [0.2, 0.25) is 0 Å². The van der Waals surface area contributed by atoms with Crippen LogP contribution >= 0.6 is 12.0 Å². The van der Waals surface area contributed by atoms with Crippen LogP contribution in [0, 0.1) is 5.92 Å². The van der Waals surface area contributed by atoms with Gasteiger partial charge in [0.1, 0.15) is 12.0 Å². The summed E-state index contributed by atoms with van der Waals surface area (Å²) in [5, 5.41) is 0. The van der Waals surface area contributed by atoms with E-state index in [2.05, 4.69) is 0 Å². The van der Waals surface area contributed by atoms with Gasteiger partial charge in [0.05, 0.1) is 6.10 Å². The Morgan fingerprint density at radius 2 is 1.69 bits per heavy atom. The summed E-state index contributed by atoms with van der Waals surface area (Å²) in [7, 11) is 0. The van der Waals surface area contributed by atoms with Crippen LogP contribution in [-0.4, -0.2) is 5.51 Å². The topological polar surface area (TPSA) is 9.23 Å². The van der Waals surface area contributed by atoms with Crippen LogP contribution in [0.1, 0.15) is 25.5 Å². The van der Waals surface area contributed by atoms with E-state index in [1.165, 1.54) is 0 Å². The van der Waals surface area contributed by atoms with E-state index >= 15 is 0 Å². The molecule has 0 radical (unpaired) electrons. The van der Waals surface area contributed by atoms with E-state index in [0.717, 1.165) is 5.56 Å². The lowest BCUT2D eigenvalue weighted by molar-refractivity contribution is -0.0430. The fourth-order valence-corrected chi connectivity index (χ4v) is 1.85. The Labute approximate surface area is 97.2 Å². The molecule has 1 aromatic carbocycles. The van der Waals surface area contributed by atoms with Crippen LogP contribution in [0.5, 0.6) is 0 Å². The predicted octanol–water partition coefficient (Wildman–Crippen LogP) is 4.57. The maximum atomic E-state index is 12.0. The smallest absolute Gasteiger partial charge is 0.299 e. The summed E-state index contributed by atoms with van der Waals surface area (Å²) in [6.07, 6.45) is -0.548. The van der Waals surface area contributed by atoms with Crippen molar-refractivity contribution in [3.63, 3.8) is 0 Å². The SMILES string of the molecule is CC(C)C(OSC(F)(F)F)c1ccccc1. The minimum atomic E-state index is -4.36. The summed E-state index contributed by atoms with van der Waals surface area (Å²) >= 11 is -0.435. The molecule has 0 aliphatic heterocycles. The lowest BCUT2D eigenvalue weighted by atomic mass is 9.99. The van der Waals surface area contributed by atoms with Crippen LogP contribution in [-0.2, 0) is 4.18 Å². The van der Waals surface area contributed by atoms with Crippen LogP contribution in [0.3, 0.4) is 0 Å². The molecular weight excluding hydrogens is 237 g/mol. The molecule has 0 spiro atoms. The number of alkyl halides is 3. The van der Waals surface area contributed by atoms with Crippen molar-refractivity contribution in [3.8, 4) is 0 Å². The Bertz CT molecular complexity index is 311. The van der Waals surface area contributed by atoms with Crippen LogP contribution < -0.4 is 0 Å². The molecule has 0 bridgehead atoms. The summed E-state index contributed by atoms with van der Waals surface area (Å²) in [5.41, 5.74) is -3.60. The van der Waals surface area contributed by atoms with Crippen LogP contribution in [0.4, 0.5) is 13.2 Å². The van der Waals surface area contributed by atoms with Crippen molar-refractivity contribution in [2.75, 3.05) is 0 Å². The molecule has 0 amide bonds. The third-order valence-electron chi connectivity index (χ3n) is 1.98. The lowest BCUT2D eigenvalue weighted by Crippen LogP contribution is -2.11. The van der Waals surface area contributed by atoms with Gasteiger partial charge < -0.3 is 0 Å². The first-order valence-electron chi connectivity index (χ1n) is 4.86. The monoisotopic (exact) mass is 250 g/mol. The van der Waals surface area contributed by atoms with Crippen molar-refractivity contribution < 1.29 is 17.4 Å². The molecule has 16 heavy (non-hydrogen) atoms. The van der Waals surface area contributed by atoms with Crippen molar-refractivity contribution >= 4 is 12.0 Å². The van der Waals surface area contributed by atoms with Gasteiger partial charge in [-0.1, -0.05) is 44.2 Å². The molecule has 0 heterocycles. The highest BCUT2D eigenvalue weighted by Gasteiger charge is 2.32. The molecule has 5 heteroatoms. The van der Waals surface area contributed by atoms with Gasteiger partial charge in [-0.2, -0.15) is 13.2 Å². The fourth-order valence-electron chi connectivity index (χ4n) is 1.30. The third-order valence-corrected chi connectivity index (χ3v) is 2.47. The highest BCUT2D eigenvalue weighted by molar-refractivity contribution is 7.95. The average Bonchev–Trinajstić information content (AvgIpc) is 2.17. The van der Waals surface area contributed by atoms with Crippen molar-refractivity contribution in [2.24, 2.45) is 5.92 Å². The highest BCUT2D eigenvalue weighted by Crippen LogP contribution is 2.38. The molecule has 0 N–H and O–H groups in total. The normalized spacial score (nSPS) is 14.1. The standard InChI is InChI=1S/C11H13F3OS/c1-8(2)10(15-16-11(12,13)14)9-6-4-3-5-7-9/h3-8,10H,1-2H3. The molecular formula is C11H13F3OS. The second-order valence-electron chi connectivity index (χ2n) is 3.70. The Morgan fingerprint density at radius 3 is 2.12 bits per heavy atom. The maximum Gasteiger partial charge on any atom is 0.467 e. The van der Waals surface area contributed by atoms with Gasteiger partial charge in [0, 0.05) is 0 Å². The quantitative estimate of drug-likeness (QED) is 0.724. The maximum absolute atomic E-state index is 12.0. The molecule has 0 aromatic heterocycles. The van der Waals surface area contributed by atoms with E-state index in [-0.39, 0.29) is 5.92 Å². The van der Waals surface area contributed by atoms with Gasteiger partial charge in [-0.15, -0.1) is 0 Å². The van der Waals surface area contributed by atoms with Gasteiger partial charge in [-0.3, -0.25) is 4.18 Å². The van der Waals surface area contributed by atoms with Gasteiger partial charge in [-0.25, -0.2) is 0 Å².